The highest BCUT2D eigenvalue weighted by atomic mass is 35.5. The molecule has 0 spiro atoms. The van der Waals surface area contributed by atoms with Gasteiger partial charge < -0.3 is 20.9 Å². The van der Waals surface area contributed by atoms with Crippen LogP contribution >= 0.6 is 24.2 Å². The molecule has 8 heteroatoms. The highest BCUT2D eigenvalue weighted by Gasteiger charge is 2.21. The van der Waals surface area contributed by atoms with Crippen molar-refractivity contribution < 1.29 is 4.79 Å². The van der Waals surface area contributed by atoms with Crippen molar-refractivity contribution in [2.24, 2.45) is 5.73 Å². The number of rotatable bonds is 4. The van der Waals surface area contributed by atoms with Gasteiger partial charge in [0.05, 0.1) is 10.6 Å². The van der Waals surface area contributed by atoms with E-state index in [0.717, 1.165) is 39.5 Å². The van der Waals surface area contributed by atoms with Gasteiger partial charge in [0, 0.05) is 48.9 Å². The van der Waals surface area contributed by atoms with Crippen molar-refractivity contribution in [3.8, 4) is 0 Å². The first-order valence-corrected chi connectivity index (χ1v) is 8.63. The van der Waals surface area contributed by atoms with Crippen molar-refractivity contribution in [3.05, 3.63) is 35.1 Å². The van der Waals surface area contributed by atoms with Crippen LogP contribution in [-0.4, -0.2) is 40.8 Å². The molecule has 1 amide bonds. The molecule has 24 heavy (non-hydrogen) atoms. The summed E-state index contributed by atoms with van der Waals surface area (Å²) in [6, 6.07) is 1.96. The zero-order chi connectivity index (χ0) is 16.4. The normalized spacial score (nSPS) is 15.6. The number of aromatic nitrogens is 2. The van der Waals surface area contributed by atoms with Gasteiger partial charge in [0.1, 0.15) is 5.65 Å². The average molecular weight is 368 g/mol. The van der Waals surface area contributed by atoms with Crippen LogP contribution in [0.3, 0.4) is 0 Å². The van der Waals surface area contributed by atoms with E-state index in [2.05, 4.69) is 27.1 Å². The first kappa shape index (κ1) is 18.6. The molecule has 0 radical (unpaired) electrons. The van der Waals surface area contributed by atoms with E-state index in [4.69, 9.17) is 5.73 Å². The van der Waals surface area contributed by atoms with E-state index in [1.54, 1.807) is 18.0 Å². The van der Waals surface area contributed by atoms with Crippen LogP contribution in [0.1, 0.15) is 12.5 Å². The van der Waals surface area contributed by atoms with E-state index in [-0.39, 0.29) is 24.4 Å². The predicted octanol–water partition coefficient (Wildman–Crippen LogP) is 2.15. The number of nitrogens with zero attached hydrogens (tertiary/aromatic N) is 2. The van der Waals surface area contributed by atoms with Crippen molar-refractivity contribution in [1.82, 2.24) is 15.3 Å². The maximum Gasteiger partial charge on any atom is 0.259 e. The number of halogens is 1. The van der Waals surface area contributed by atoms with Crippen LogP contribution in [0, 0.1) is 6.92 Å². The number of thioether (sulfide) groups is 1. The number of H-pyrrole nitrogens is 1. The molecule has 0 aromatic carbocycles. The largest absolute Gasteiger partial charge is 0.348 e. The molecule has 1 aliphatic heterocycles. The number of aryl methyl sites for hydroxylation is 1. The third-order valence-electron chi connectivity index (χ3n) is 3.88. The Morgan fingerprint density at radius 2 is 2.38 bits per heavy atom. The van der Waals surface area contributed by atoms with E-state index >= 15 is 0 Å². The summed E-state index contributed by atoms with van der Waals surface area (Å²) in [6.45, 7) is 5.25. The summed E-state index contributed by atoms with van der Waals surface area (Å²) in [6.07, 6.45) is 5.67. The predicted molar refractivity (Wildman–Crippen MR) is 103 cm³/mol. The number of carbonyl (C=O) groups is 1. The minimum atomic E-state index is -0.0614. The minimum absolute atomic E-state index is 0. The number of hydrogen-bond acceptors (Lipinski definition) is 5. The first-order valence-electron chi connectivity index (χ1n) is 7.65. The van der Waals surface area contributed by atoms with Crippen LogP contribution in [0.15, 0.2) is 29.6 Å². The first-order chi connectivity index (χ1) is 11.1. The molecule has 2 aromatic rings. The molecule has 2 aromatic heterocycles. The van der Waals surface area contributed by atoms with E-state index < -0.39 is 0 Å². The maximum absolute atomic E-state index is 12.3. The van der Waals surface area contributed by atoms with Gasteiger partial charge in [-0.15, -0.1) is 24.2 Å². The monoisotopic (exact) mass is 367 g/mol. The Hall–Kier alpha value is -1.70. The average Bonchev–Trinajstić information content (AvgIpc) is 2.96. The maximum atomic E-state index is 12.3. The summed E-state index contributed by atoms with van der Waals surface area (Å²) in [5.41, 5.74) is 8.67. The quantitative estimate of drug-likeness (QED) is 0.770. The van der Waals surface area contributed by atoms with Crippen LogP contribution in [-0.2, 0) is 4.79 Å². The van der Waals surface area contributed by atoms with E-state index in [0.29, 0.717) is 6.54 Å². The summed E-state index contributed by atoms with van der Waals surface area (Å²) >= 11 is 1.58. The topological polar surface area (TPSA) is 87.0 Å². The lowest BCUT2D eigenvalue weighted by Gasteiger charge is -2.27. The van der Waals surface area contributed by atoms with Crippen LogP contribution in [0.25, 0.3) is 11.0 Å². The third-order valence-corrected chi connectivity index (χ3v) is 4.86. The van der Waals surface area contributed by atoms with Crippen LogP contribution in [0.4, 0.5) is 5.69 Å². The van der Waals surface area contributed by atoms with Crippen LogP contribution in [0.5, 0.6) is 0 Å². The molecule has 6 nitrogen and oxygen atoms in total. The molecule has 0 saturated carbocycles. The molecule has 1 aliphatic rings. The zero-order valence-corrected chi connectivity index (χ0v) is 15.3. The Morgan fingerprint density at radius 3 is 3.12 bits per heavy atom. The number of fused-ring (bicyclic) bond motifs is 1. The van der Waals surface area contributed by atoms with Gasteiger partial charge in [0.15, 0.2) is 0 Å². The van der Waals surface area contributed by atoms with Gasteiger partial charge in [0.25, 0.3) is 5.91 Å². The van der Waals surface area contributed by atoms with Gasteiger partial charge in [-0.1, -0.05) is 0 Å². The van der Waals surface area contributed by atoms with Crippen molar-refractivity contribution in [1.29, 1.82) is 0 Å². The number of amides is 1. The van der Waals surface area contributed by atoms with Gasteiger partial charge in [-0.3, -0.25) is 4.79 Å². The Labute approximate surface area is 151 Å². The van der Waals surface area contributed by atoms with Crippen molar-refractivity contribution >= 4 is 46.8 Å². The molecule has 0 aliphatic carbocycles. The van der Waals surface area contributed by atoms with E-state index in [1.807, 2.05) is 25.4 Å². The highest BCUT2D eigenvalue weighted by molar-refractivity contribution is 8.04. The fourth-order valence-corrected chi connectivity index (χ4v) is 3.50. The smallest absolute Gasteiger partial charge is 0.259 e. The second kappa shape index (κ2) is 7.92. The number of pyridine rings is 1. The third kappa shape index (κ3) is 3.68. The van der Waals surface area contributed by atoms with Crippen molar-refractivity contribution in [2.75, 3.05) is 23.7 Å². The standard InChI is InChI=1S/C16H21N5OS.ClH/c1-10-8-19-15-14(10)12(3-4-18-15)21-5-6-23-13(9-21)16(22)20-11(2)7-17;/h3-4,8-9,11H,5-7,17H2,1-2H3,(H,18,19)(H,20,22);1H/t11-;/m1./s1. The molecular weight excluding hydrogens is 346 g/mol. The summed E-state index contributed by atoms with van der Waals surface area (Å²) in [5.74, 6) is 0.803. The molecule has 0 saturated heterocycles. The molecule has 3 heterocycles. The fraction of sp³-hybridized carbons (Fsp3) is 0.375. The van der Waals surface area contributed by atoms with Crippen molar-refractivity contribution in [3.63, 3.8) is 0 Å². The van der Waals surface area contributed by atoms with Gasteiger partial charge in [0.2, 0.25) is 0 Å². The Kier molecular flexibility index (Phi) is 6.15. The molecule has 0 fully saturated rings. The molecule has 0 unspecified atom stereocenters. The molecule has 0 bridgehead atoms. The Balaban J connectivity index is 0.00000208. The Bertz CT molecular complexity index is 760. The molecule has 3 rings (SSSR count). The molecule has 1 atom stereocenters. The van der Waals surface area contributed by atoms with Crippen molar-refractivity contribution in [2.45, 2.75) is 19.9 Å². The SMILES string of the molecule is Cc1c[nH]c2nccc(N3C=C(C(=O)N[C@H](C)CN)SCC3)c12.Cl. The number of hydrogen-bond donors (Lipinski definition) is 3. The lowest BCUT2D eigenvalue weighted by Crippen LogP contribution is -2.39. The van der Waals surface area contributed by atoms with Gasteiger partial charge in [-0.2, -0.15) is 0 Å². The van der Waals surface area contributed by atoms with Crippen LogP contribution in [0.2, 0.25) is 0 Å². The molecular formula is C16H22ClN5OS. The lowest BCUT2D eigenvalue weighted by molar-refractivity contribution is -0.117. The number of aromatic amines is 1. The number of carbonyl (C=O) groups excluding carboxylic acids is 1. The van der Waals surface area contributed by atoms with Gasteiger partial charge in [-0.25, -0.2) is 4.98 Å². The van der Waals surface area contributed by atoms with E-state index in [1.165, 1.54) is 0 Å². The van der Waals surface area contributed by atoms with Gasteiger partial charge >= 0.3 is 0 Å². The number of anilines is 1. The minimum Gasteiger partial charge on any atom is -0.348 e. The highest BCUT2D eigenvalue weighted by Crippen LogP contribution is 2.32. The molecule has 4 N–H and O–H groups in total. The number of nitrogens with one attached hydrogen (secondary N) is 2. The lowest BCUT2D eigenvalue weighted by atomic mass is 10.2. The summed E-state index contributed by atoms with van der Waals surface area (Å²) in [4.78, 5) is 22.7. The Morgan fingerprint density at radius 1 is 1.58 bits per heavy atom. The second-order valence-corrected chi connectivity index (χ2v) is 6.81. The number of nitrogens with two attached hydrogens (primary N) is 1. The van der Waals surface area contributed by atoms with E-state index in [9.17, 15) is 4.79 Å². The van der Waals surface area contributed by atoms with Gasteiger partial charge in [-0.05, 0) is 25.5 Å². The second-order valence-electron chi connectivity index (χ2n) is 5.67. The molecule has 130 valence electrons. The van der Waals surface area contributed by atoms with Crippen LogP contribution < -0.4 is 16.0 Å². The zero-order valence-electron chi connectivity index (χ0n) is 13.7. The fourth-order valence-electron chi connectivity index (χ4n) is 2.60. The summed E-state index contributed by atoms with van der Waals surface area (Å²) in [7, 11) is 0. The summed E-state index contributed by atoms with van der Waals surface area (Å²) in [5, 5.41) is 4.02. The summed E-state index contributed by atoms with van der Waals surface area (Å²) < 4.78 is 0.